The summed E-state index contributed by atoms with van der Waals surface area (Å²) in [6.45, 7) is 4.77. The van der Waals surface area contributed by atoms with Crippen molar-refractivity contribution in [3.05, 3.63) is 80.7 Å². The maximum Gasteiger partial charge on any atom is 0.336 e. The second kappa shape index (κ2) is 7.20. The summed E-state index contributed by atoms with van der Waals surface area (Å²) in [6, 6.07) is 15.5. The largest absolute Gasteiger partial charge is 0.423 e. The van der Waals surface area contributed by atoms with Crippen LogP contribution in [0.25, 0.3) is 11.0 Å². The van der Waals surface area contributed by atoms with E-state index in [2.05, 4.69) is 25.2 Å². The molecule has 0 saturated carbocycles. The van der Waals surface area contributed by atoms with E-state index in [1.165, 1.54) is 0 Å². The molecule has 124 valence electrons. The Kier molecular flexibility index (Phi) is 5.03. The molecule has 0 amide bonds. The van der Waals surface area contributed by atoms with E-state index in [1.54, 1.807) is 6.07 Å². The van der Waals surface area contributed by atoms with Crippen molar-refractivity contribution in [2.75, 3.05) is 0 Å². The topological polar surface area (TPSA) is 42.2 Å². The van der Waals surface area contributed by atoms with Gasteiger partial charge in [-0.25, -0.2) is 4.79 Å². The predicted octanol–water partition coefficient (Wildman–Crippen LogP) is 4.86. The summed E-state index contributed by atoms with van der Waals surface area (Å²) in [6.07, 6.45) is 0.912. The Balaban J connectivity index is 1.84. The molecule has 3 rings (SSSR count). The zero-order valence-electron chi connectivity index (χ0n) is 13.8. The summed E-state index contributed by atoms with van der Waals surface area (Å²) in [5.41, 5.74) is 3.60. The Hall–Kier alpha value is -2.10. The highest BCUT2D eigenvalue weighted by molar-refractivity contribution is 6.30. The second-order valence-electron chi connectivity index (χ2n) is 5.93. The van der Waals surface area contributed by atoms with E-state index in [9.17, 15) is 4.79 Å². The molecule has 0 spiro atoms. The van der Waals surface area contributed by atoms with Crippen LogP contribution in [0.5, 0.6) is 0 Å². The highest BCUT2D eigenvalue weighted by Gasteiger charge is 2.09. The molecule has 0 aliphatic rings. The Labute approximate surface area is 146 Å². The molecular weight excluding hydrogens is 322 g/mol. The molecule has 1 N–H and O–H groups in total. The van der Waals surface area contributed by atoms with Crippen LogP contribution >= 0.6 is 11.6 Å². The van der Waals surface area contributed by atoms with Gasteiger partial charge in [-0.3, -0.25) is 0 Å². The van der Waals surface area contributed by atoms with Crippen LogP contribution in [-0.2, 0) is 13.0 Å². The number of nitrogens with one attached hydrogen (secondary N) is 1. The summed E-state index contributed by atoms with van der Waals surface area (Å²) in [5.74, 6) is 0. The molecule has 0 saturated heterocycles. The average Bonchev–Trinajstić information content (AvgIpc) is 2.59. The molecule has 3 aromatic rings. The van der Waals surface area contributed by atoms with Crippen molar-refractivity contribution in [1.29, 1.82) is 0 Å². The minimum atomic E-state index is -0.313. The van der Waals surface area contributed by atoms with Crippen molar-refractivity contribution in [2.24, 2.45) is 0 Å². The van der Waals surface area contributed by atoms with Gasteiger partial charge in [0.1, 0.15) is 5.58 Å². The SMILES string of the molecule is CCc1ccc2c(CN[C@@H](C)c3ccc(Cl)cc3)cc(=O)oc2c1. The maximum atomic E-state index is 11.8. The first-order valence-electron chi connectivity index (χ1n) is 8.11. The van der Waals surface area contributed by atoms with Gasteiger partial charge in [-0.05, 0) is 48.2 Å². The third kappa shape index (κ3) is 3.69. The van der Waals surface area contributed by atoms with Gasteiger partial charge in [0.25, 0.3) is 0 Å². The molecule has 0 unspecified atom stereocenters. The Morgan fingerprint density at radius 1 is 1.12 bits per heavy atom. The number of benzene rings is 2. The molecule has 24 heavy (non-hydrogen) atoms. The molecular formula is C20H20ClNO2. The van der Waals surface area contributed by atoms with Crippen LogP contribution in [-0.4, -0.2) is 0 Å². The van der Waals surface area contributed by atoms with Crippen molar-refractivity contribution in [3.8, 4) is 0 Å². The Morgan fingerprint density at radius 3 is 2.58 bits per heavy atom. The molecule has 1 heterocycles. The summed E-state index contributed by atoms with van der Waals surface area (Å²) >= 11 is 5.93. The van der Waals surface area contributed by atoms with Crippen LogP contribution in [0.3, 0.4) is 0 Å². The number of rotatable bonds is 5. The minimum Gasteiger partial charge on any atom is -0.423 e. The first-order chi connectivity index (χ1) is 11.6. The molecule has 2 aromatic carbocycles. The summed E-state index contributed by atoms with van der Waals surface area (Å²) < 4.78 is 5.35. The quantitative estimate of drug-likeness (QED) is 0.674. The third-order valence-electron chi connectivity index (χ3n) is 4.27. The second-order valence-corrected chi connectivity index (χ2v) is 6.37. The van der Waals surface area contributed by atoms with E-state index >= 15 is 0 Å². The van der Waals surface area contributed by atoms with E-state index in [0.717, 1.165) is 33.5 Å². The third-order valence-corrected chi connectivity index (χ3v) is 4.52. The molecule has 3 nitrogen and oxygen atoms in total. The molecule has 4 heteroatoms. The summed E-state index contributed by atoms with van der Waals surface area (Å²) in [5, 5.41) is 5.16. The van der Waals surface area contributed by atoms with Gasteiger partial charge in [0.2, 0.25) is 0 Å². The standard InChI is InChI=1S/C20H20ClNO2/c1-3-14-4-9-18-16(11-20(23)24-19(18)10-14)12-22-13(2)15-5-7-17(21)8-6-15/h4-11,13,22H,3,12H2,1-2H3/t13-/m0/s1. The number of halogens is 1. The van der Waals surface area contributed by atoms with Crippen molar-refractivity contribution in [1.82, 2.24) is 5.32 Å². The van der Waals surface area contributed by atoms with E-state index in [-0.39, 0.29) is 11.7 Å². The normalized spacial score (nSPS) is 12.5. The molecule has 1 aromatic heterocycles. The molecule has 1 atom stereocenters. The highest BCUT2D eigenvalue weighted by atomic mass is 35.5. The lowest BCUT2D eigenvalue weighted by Crippen LogP contribution is -2.19. The highest BCUT2D eigenvalue weighted by Crippen LogP contribution is 2.21. The fourth-order valence-electron chi connectivity index (χ4n) is 2.77. The van der Waals surface area contributed by atoms with Gasteiger partial charge >= 0.3 is 5.63 Å². The number of hydrogen-bond acceptors (Lipinski definition) is 3. The fraction of sp³-hybridized carbons (Fsp3) is 0.250. The predicted molar refractivity (Wildman–Crippen MR) is 98.6 cm³/mol. The number of aryl methyl sites for hydroxylation is 1. The van der Waals surface area contributed by atoms with Crippen LogP contribution in [0.1, 0.15) is 36.6 Å². The van der Waals surface area contributed by atoms with Crippen molar-refractivity contribution in [2.45, 2.75) is 32.9 Å². The molecule has 0 aliphatic carbocycles. The number of hydrogen-bond donors (Lipinski definition) is 1. The fourth-order valence-corrected chi connectivity index (χ4v) is 2.90. The van der Waals surface area contributed by atoms with Crippen LogP contribution in [0, 0.1) is 0 Å². The van der Waals surface area contributed by atoms with Gasteiger partial charge in [0.15, 0.2) is 0 Å². The smallest absolute Gasteiger partial charge is 0.336 e. The zero-order chi connectivity index (χ0) is 17.1. The van der Waals surface area contributed by atoms with Crippen molar-refractivity contribution < 1.29 is 4.42 Å². The van der Waals surface area contributed by atoms with Crippen LogP contribution < -0.4 is 10.9 Å². The zero-order valence-corrected chi connectivity index (χ0v) is 14.6. The van der Waals surface area contributed by atoms with E-state index in [0.29, 0.717) is 12.1 Å². The van der Waals surface area contributed by atoms with Crippen LogP contribution in [0.2, 0.25) is 5.02 Å². The van der Waals surface area contributed by atoms with E-state index in [1.807, 2.05) is 36.4 Å². The van der Waals surface area contributed by atoms with Gasteiger partial charge < -0.3 is 9.73 Å². The first kappa shape index (κ1) is 16.7. The van der Waals surface area contributed by atoms with Crippen LogP contribution in [0.4, 0.5) is 0 Å². The maximum absolute atomic E-state index is 11.8. The van der Waals surface area contributed by atoms with Gasteiger partial charge in [-0.2, -0.15) is 0 Å². The van der Waals surface area contributed by atoms with Crippen molar-refractivity contribution >= 4 is 22.6 Å². The van der Waals surface area contributed by atoms with Crippen LogP contribution in [0.15, 0.2) is 57.7 Å². The Morgan fingerprint density at radius 2 is 1.88 bits per heavy atom. The first-order valence-corrected chi connectivity index (χ1v) is 8.49. The van der Waals surface area contributed by atoms with Crippen molar-refractivity contribution in [3.63, 3.8) is 0 Å². The number of fused-ring (bicyclic) bond motifs is 1. The monoisotopic (exact) mass is 341 g/mol. The van der Waals surface area contributed by atoms with Gasteiger partial charge in [0.05, 0.1) is 0 Å². The molecule has 0 bridgehead atoms. The van der Waals surface area contributed by atoms with Gasteiger partial charge in [0, 0.05) is 29.1 Å². The summed E-state index contributed by atoms with van der Waals surface area (Å²) in [7, 11) is 0. The minimum absolute atomic E-state index is 0.152. The van der Waals surface area contributed by atoms with E-state index in [4.69, 9.17) is 16.0 Å². The molecule has 0 radical (unpaired) electrons. The Bertz CT molecular complexity index is 900. The lowest BCUT2D eigenvalue weighted by Gasteiger charge is -2.15. The van der Waals surface area contributed by atoms with Gasteiger partial charge in [-0.1, -0.05) is 42.8 Å². The van der Waals surface area contributed by atoms with Gasteiger partial charge in [-0.15, -0.1) is 0 Å². The lowest BCUT2D eigenvalue weighted by molar-refractivity contribution is 0.547. The molecule has 0 fully saturated rings. The molecule has 0 aliphatic heterocycles. The lowest BCUT2D eigenvalue weighted by atomic mass is 10.0. The summed E-state index contributed by atoms with van der Waals surface area (Å²) in [4.78, 5) is 11.8. The average molecular weight is 342 g/mol. The van der Waals surface area contributed by atoms with E-state index < -0.39 is 0 Å².